The zero-order valence-electron chi connectivity index (χ0n) is 16.3. The van der Waals surface area contributed by atoms with Crippen LogP contribution in [-0.4, -0.2) is 50.7 Å². The first-order chi connectivity index (χ1) is 13.8. The minimum atomic E-state index is -3.66. The second-order valence-electron chi connectivity index (χ2n) is 6.76. The summed E-state index contributed by atoms with van der Waals surface area (Å²) in [7, 11) is -3.66. The molecule has 0 radical (unpaired) electrons. The molecule has 9 heteroatoms. The number of carbonyl (C=O) groups is 1. The molecule has 0 unspecified atom stereocenters. The summed E-state index contributed by atoms with van der Waals surface area (Å²) < 4.78 is 32.2. The summed E-state index contributed by atoms with van der Waals surface area (Å²) >= 11 is 7.61. The fraction of sp³-hybridized carbons (Fsp3) is 0.350. The van der Waals surface area contributed by atoms with Crippen LogP contribution in [0.3, 0.4) is 0 Å². The van der Waals surface area contributed by atoms with Gasteiger partial charge in [0.2, 0.25) is 15.9 Å². The van der Waals surface area contributed by atoms with Crippen molar-refractivity contribution in [2.24, 2.45) is 0 Å². The number of anilines is 1. The first-order valence-corrected chi connectivity index (χ1v) is 11.9. The molecule has 0 aromatic heterocycles. The van der Waals surface area contributed by atoms with Crippen LogP contribution in [0.4, 0.5) is 5.69 Å². The van der Waals surface area contributed by atoms with Crippen molar-refractivity contribution in [1.29, 1.82) is 0 Å². The summed E-state index contributed by atoms with van der Waals surface area (Å²) in [5, 5.41) is 3.02. The molecule has 1 heterocycles. The number of aryl methyl sites for hydroxylation is 2. The molecule has 0 bridgehead atoms. The van der Waals surface area contributed by atoms with Crippen molar-refractivity contribution in [3.63, 3.8) is 0 Å². The first kappa shape index (κ1) is 22.1. The zero-order valence-corrected chi connectivity index (χ0v) is 18.7. The average Bonchev–Trinajstić information content (AvgIpc) is 2.69. The molecule has 0 aliphatic carbocycles. The Hall–Kier alpha value is -1.58. The van der Waals surface area contributed by atoms with Crippen molar-refractivity contribution in [2.45, 2.75) is 23.6 Å². The number of amides is 1. The number of hydrogen-bond acceptors (Lipinski definition) is 5. The number of rotatable bonds is 6. The maximum Gasteiger partial charge on any atom is 0.243 e. The molecular formula is C20H23ClN2O4S2. The Morgan fingerprint density at radius 3 is 2.59 bits per heavy atom. The molecule has 0 spiro atoms. The molecule has 2 aromatic carbocycles. The lowest BCUT2D eigenvalue weighted by atomic mass is 10.2. The lowest BCUT2D eigenvalue weighted by Gasteiger charge is -2.26. The van der Waals surface area contributed by atoms with Gasteiger partial charge in [0.1, 0.15) is 0 Å². The van der Waals surface area contributed by atoms with Gasteiger partial charge in [-0.1, -0.05) is 29.3 Å². The lowest BCUT2D eigenvalue weighted by molar-refractivity contribution is -0.113. The first-order valence-electron chi connectivity index (χ1n) is 9.15. The van der Waals surface area contributed by atoms with Gasteiger partial charge in [-0.15, -0.1) is 11.8 Å². The lowest BCUT2D eigenvalue weighted by Crippen LogP contribution is -2.40. The van der Waals surface area contributed by atoms with Gasteiger partial charge in [0.25, 0.3) is 0 Å². The molecule has 6 nitrogen and oxygen atoms in total. The smallest absolute Gasteiger partial charge is 0.243 e. The third kappa shape index (κ3) is 5.52. The van der Waals surface area contributed by atoms with Crippen LogP contribution in [-0.2, 0) is 19.6 Å². The normalized spacial score (nSPS) is 15.3. The van der Waals surface area contributed by atoms with E-state index in [1.165, 1.54) is 39.8 Å². The van der Waals surface area contributed by atoms with E-state index in [2.05, 4.69) is 11.4 Å². The molecule has 0 atom stereocenters. The van der Waals surface area contributed by atoms with E-state index in [4.69, 9.17) is 16.3 Å². The van der Waals surface area contributed by atoms with E-state index < -0.39 is 10.0 Å². The van der Waals surface area contributed by atoms with Gasteiger partial charge in [-0.05, 0) is 43.7 Å². The van der Waals surface area contributed by atoms with E-state index in [1.807, 2.05) is 26.0 Å². The highest BCUT2D eigenvalue weighted by Crippen LogP contribution is 2.28. The average molecular weight is 455 g/mol. The number of carbonyl (C=O) groups excluding carboxylic acids is 1. The van der Waals surface area contributed by atoms with Crippen molar-refractivity contribution in [3.8, 4) is 0 Å². The minimum absolute atomic E-state index is 0.0983. The summed E-state index contributed by atoms with van der Waals surface area (Å²) in [6.45, 7) is 5.37. The second-order valence-corrected chi connectivity index (χ2v) is 10.1. The third-order valence-electron chi connectivity index (χ3n) is 4.51. The van der Waals surface area contributed by atoms with Gasteiger partial charge in [0, 0.05) is 18.0 Å². The van der Waals surface area contributed by atoms with Gasteiger partial charge in [0.15, 0.2) is 0 Å². The van der Waals surface area contributed by atoms with Crippen LogP contribution in [0.1, 0.15) is 11.1 Å². The Labute approximate surface area is 180 Å². The molecule has 0 saturated carbocycles. The standard InChI is InChI=1S/C20H23ClN2O4S2/c1-14-3-6-19(15(2)11-14)28-13-20(24)22-18-12-16(4-5-17(18)21)29(25,26)23-7-9-27-10-8-23/h3-6,11-12H,7-10,13H2,1-2H3,(H,22,24). The Morgan fingerprint density at radius 1 is 1.17 bits per heavy atom. The zero-order chi connectivity index (χ0) is 21.0. The largest absolute Gasteiger partial charge is 0.379 e. The molecule has 1 aliphatic rings. The summed E-state index contributed by atoms with van der Waals surface area (Å²) in [6.07, 6.45) is 0. The quantitative estimate of drug-likeness (QED) is 0.673. The van der Waals surface area contributed by atoms with E-state index in [1.54, 1.807) is 0 Å². The van der Waals surface area contributed by atoms with Crippen molar-refractivity contribution in [1.82, 2.24) is 4.31 Å². The van der Waals surface area contributed by atoms with Crippen LogP contribution in [0.25, 0.3) is 0 Å². The molecular weight excluding hydrogens is 432 g/mol. The van der Waals surface area contributed by atoms with E-state index >= 15 is 0 Å². The van der Waals surface area contributed by atoms with E-state index in [-0.39, 0.29) is 27.3 Å². The second kappa shape index (κ2) is 9.49. The van der Waals surface area contributed by atoms with Crippen LogP contribution < -0.4 is 5.32 Å². The highest BCUT2D eigenvalue weighted by Gasteiger charge is 2.27. The molecule has 2 aromatic rings. The summed E-state index contributed by atoms with van der Waals surface area (Å²) in [5.41, 5.74) is 2.56. The number of benzene rings is 2. The Bertz CT molecular complexity index is 1010. The van der Waals surface area contributed by atoms with Crippen LogP contribution in [0.5, 0.6) is 0 Å². The van der Waals surface area contributed by atoms with Crippen molar-refractivity contribution >= 4 is 45.0 Å². The predicted octanol–water partition coefficient (Wildman–Crippen LogP) is 3.71. The number of nitrogens with zero attached hydrogens (tertiary/aromatic N) is 1. The van der Waals surface area contributed by atoms with Crippen molar-refractivity contribution < 1.29 is 17.9 Å². The van der Waals surface area contributed by atoms with Crippen LogP contribution in [0.2, 0.25) is 5.02 Å². The molecule has 1 N–H and O–H groups in total. The van der Waals surface area contributed by atoms with Gasteiger partial charge in [0.05, 0.1) is 34.6 Å². The maximum atomic E-state index is 12.8. The maximum absolute atomic E-state index is 12.8. The van der Waals surface area contributed by atoms with E-state index in [0.717, 1.165) is 10.5 Å². The molecule has 1 aliphatic heterocycles. The van der Waals surface area contributed by atoms with Crippen molar-refractivity contribution in [3.05, 3.63) is 52.5 Å². The fourth-order valence-corrected chi connectivity index (χ4v) is 5.40. The van der Waals surface area contributed by atoms with Crippen LogP contribution >= 0.6 is 23.4 Å². The highest BCUT2D eigenvalue weighted by atomic mass is 35.5. The van der Waals surface area contributed by atoms with E-state index in [0.29, 0.717) is 26.3 Å². The highest BCUT2D eigenvalue weighted by molar-refractivity contribution is 8.00. The molecule has 1 fully saturated rings. The number of sulfonamides is 1. The van der Waals surface area contributed by atoms with Gasteiger partial charge in [-0.3, -0.25) is 4.79 Å². The molecule has 1 saturated heterocycles. The summed E-state index contributed by atoms with van der Waals surface area (Å²) in [6, 6.07) is 10.4. The predicted molar refractivity (Wildman–Crippen MR) is 116 cm³/mol. The van der Waals surface area contributed by atoms with E-state index in [9.17, 15) is 13.2 Å². The summed E-state index contributed by atoms with van der Waals surface area (Å²) in [4.78, 5) is 13.5. The number of halogens is 1. The number of hydrogen-bond donors (Lipinski definition) is 1. The Kier molecular flexibility index (Phi) is 7.23. The van der Waals surface area contributed by atoms with Crippen LogP contribution in [0.15, 0.2) is 46.2 Å². The fourth-order valence-electron chi connectivity index (χ4n) is 2.99. The Balaban J connectivity index is 1.70. The monoisotopic (exact) mass is 454 g/mol. The molecule has 1 amide bonds. The third-order valence-corrected chi connectivity index (χ3v) is 7.91. The SMILES string of the molecule is Cc1ccc(SCC(=O)Nc2cc(S(=O)(=O)N3CCOCC3)ccc2Cl)c(C)c1. The van der Waals surface area contributed by atoms with Crippen molar-refractivity contribution in [2.75, 3.05) is 37.4 Å². The van der Waals surface area contributed by atoms with Gasteiger partial charge in [-0.2, -0.15) is 4.31 Å². The van der Waals surface area contributed by atoms with Gasteiger partial charge in [-0.25, -0.2) is 8.42 Å². The van der Waals surface area contributed by atoms with Crippen LogP contribution in [0, 0.1) is 13.8 Å². The molecule has 29 heavy (non-hydrogen) atoms. The topological polar surface area (TPSA) is 75.7 Å². The number of ether oxygens (including phenoxy) is 1. The molecule has 3 rings (SSSR count). The van der Waals surface area contributed by atoms with Gasteiger partial charge >= 0.3 is 0 Å². The molecule has 156 valence electrons. The number of morpholine rings is 1. The number of thioether (sulfide) groups is 1. The summed E-state index contributed by atoms with van der Waals surface area (Å²) in [5.74, 6) is -0.0569. The van der Waals surface area contributed by atoms with Gasteiger partial charge < -0.3 is 10.1 Å². The Morgan fingerprint density at radius 2 is 1.90 bits per heavy atom. The number of nitrogens with one attached hydrogen (secondary N) is 1. The minimum Gasteiger partial charge on any atom is -0.379 e.